The molecule has 0 saturated heterocycles. The molecule has 0 aliphatic carbocycles. The standard InChI is InChI=1S/C12H11N3/c1-15-7-10(11-6-13-8-14-11)9-4-2-3-5-12(9)15/h2-8H,1H3,(H,13,14). The van der Waals surface area contributed by atoms with E-state index >= 15 is 0 Å². The van der Waals surface area contributed by atoms with Crippen molar-refractivity contribution in [1.82, 2.24) is 14.5 Å². The lowest BCUT2D eigenvalue weighted by Crippen LogP contribution is -1.81. The molecule has 0 saturated carbocycles. The smallest absolute Gasteiger partial charge is 0.0924 e. The molecule has 0 aliphatic heterocycles. The number of nitrogens with zero attached hydrogens (tertiary/aromatic N) is 2. The van der Waals surface area contributed by atoms with Crippen LogP contribution in [0.5, 0.6) is 0 Å². The molecule has 0 radical (unpaired) electrons. The topological polar surface area (TPSA) is 33.6 Å². The Hall–Kier alpha value is -2.03. The van der Waals surface area contributed by atoms with Crippen LogP contribution in [0.2, 0.25) is 0 Å². The molecule has 1 aromatic carbocycles. The fourth-order valence-electron chi connectivity index (χ4n) is 1.96. The van der Waals surface area contributed by atoms with Crippen molar-refractivity contribution in [2.24, 2.45) is 7.05 Å². The fraction of sp³-hybridized carbons (Fsp3) is 0.0833. The lowest BCUT2D eigenvalue weighted by molar-refractivity contribution is 0.970. The number of rotatable bonds is 1. The van der Waals surface area contributed by atoms with Gasteiger partial charge in [0.05, 0.1) is 18.2 Å². The number of hydrogen-bond donors (Lipinski definition) is 1. The zero-order chi connectivity index (χ0) is 10.3. The number of aromatic amines is 1. The second-order valence-electron chi connectivity index (χ2n) is 3.64. The largest absolute Gasteiger partial charge is 0.350 e. The van der Waals surface area contributed by atoms with Crippen LogP contribution < -0.4 is 0 Å². The first kappa shape index (κ1) is 8.29. The van der Waals surface area contributed by atoms with Crippen molar-refractivity contribution >= 4 is 10.9 Å². The molecule has 74 valence electrons. The second kappa shape index (κ2) is 2.98. The van der Waals surface area contributed by atoms with Gasteiger partial charge in [0.25, 0.3) is 0 Å². The Balaban J connectivity index is 2.37. The van der Waals surface area contributed by atoms with Crippen molar-refractivity contribution in [2.75, 3.05) is 0 Å². The number of aryl methyl sites for hydroxylation is 1. The quantitative estimate of drug-likeness (QED) is 0.639. The predicted octanol–water partition coefficient (Wildman–Crippen LogP) is 2.57. The average molecular weight is 197 g/mol. The molecule has 3 heteroatoms. The van der Waals surface area contributed by atoms with Gasteiger partial charge in [0.15, 0.2) is 0 Å². The molecule has 0 fully saturated rings. The number of imidazole rings is 1. The number of para-hydroxylation sites is 1. The van der Waals surface area contributed by atoms with E-state index in [0.717, 1.165) is 5.69 Å². The molecule has 3 aromatic rings. The van der Waals surface area contributed by atoms with Crippen LogP contribution in [-0.2, 0) is 7.05 Å². The molecule has 15 heavy (non-hydrogen) atoms. The summed E-state index contributed by atoms with van der Waals surface area (Å²) in [5, 5.41) is 1.25. The summed E-state index contributed by atoms with van der Waals surface area (Å²) in [6.45, 7) is 0. The Morgan fingerprint density at radius 3 is 2.93 bits per heavy atom. The van der Waals surface area contributed by atoms with Crippen molar-refractivity contribution in [3.8, 4) is 11.3 Å². The highest BCUT2D eigenvalue weighted by atomic mass is 14.9. The molecular weight excluding hydrogens is 186 g/mol. The Labute approximate surface area is 87.4 Å². The maximum atomic E-state index is 4.05. The molecule has 0 atom stereocenters. The van der Waals surface area contributed by atoms with Gasteiger partial charge in [-0.05, 0) is 6.07 Å². The lowest BCUT2D eigenvalue weighted by Gasteiger charge is -1.94. The van der Waals surface area contributed by atoms with E-state index in [4.69, 9.17) is 0 Å². The van der Waals surface area contributed by atoms with Gasteiger partial charge in [0, 0.05) is 29.7 Å². The van der Waals surface area contributed by atoms with Crippen molar-refractivity contribution in [1.29, 1.82) is 0 Å². The highest BCUT2D eigenvalue weighted by Crippen LogP contribution is 2.27. The van der Waals surface area contributed by atoms with Crippen molar-refractivity contribution in [3.05, 3.63) is 43.0 Å². The molecule has 0 unspecified atom stereocenters. The Kier molecular flexibility index (Phi) is 1.65. The maximum Gasteiger partial charge on any atom is 0.0924 e. The average Bonchev–Trinajstić information content (AvgIpc) is 2.87. The summed E-state index contributed by atoms with van der Waals surface area (Å²) in [4.78, 5) is 7.18. The summed E-state index contributed by atoms with van der Waals surface area (Å²) in [6.07, 6.45) is 5.68. The molecule has 0 amide bonds. The number of fused-ring (bicyclic) bond motifs is 1. The van der Waals surface area contributed by atoms with Gasteiger partial charge in [0.1, 0.15) is 0 Å². The third kappa shape index (κ3) is 1.16. The van der Waals surface area contributed by atoms with Crippen molar-refractivity contribution in [3.63, 3.8) is 0 Å². The Morgan fingerprint density at radius 2 is 2.13 bits per heavy atom. The third-order valence-electron chi connectivity index (χ3n) is 2.69. The van der Waals surface area contributed by atoms with Gasteiger partial charge in [-0.3, -0.25) is 0 Å². The van der Waals surface area contributed by atoms with Gasteiger partial charge in [0.2, 0.25) is 0 Å². The summed E-state index contributed by atoms with van der Waals surface area (Å²) in [5.74, 6) is 0. The van der Waals surface area contributed by atoms with Gasteiger partial charge >= 0.3 is 0 Å². The van der Waals surface area contributed by atoms with Crippen molar-refractivity contribution in [2.45, 2.75) is 0 Å². The van der Waals surface area contributed by atoms with Gasteiger partial charge < -0.3 is 9.55 Å². The number of benzene rings is 1. The zero-order valence-electron chi connectivity index (χ0n) is 8.44. The maximum absolute atomic E-state index is 4.05. The Morgan fingerprint density at radius 1 is 1.27 bits per heavy atom. The van der Waals surface area contributed by atoms with Crippen LogP contribution >= 0.6 is 0 Å². The molecule has 0 spiro atoms. The number of nitrogens with one attached hydrogen (secondary N) is 1. The predicted molar refractivity (Wildman–Crippen MR) is 60.5 cm³/mol. The van der Waals surface area contributed by atoms with Crippen LogP contribution in [0.3, 0.4) is 0 Å². The van der Waals surface area contributed by atoms with Crippen LogP contribution in [0.25, 0.3) is 22.2 Å². The molecule has 2 aromatic heterocycles. The van der Waals surface area contributed by atoms with Gasteiger partial charge in [-0.2, -0.15) is 0 Å². The normalized spacial score (nSPS) is 11.0. The number of aromatic nitrogens is 3. The summed E-state index contributed by atoms with van der Waals surface area (Å²) in [6, 6.07) is 8.36. The van der Waals surface area contributed by atoms with Crippen LogP contribution in [0.4, 0.5) is 0 Å². The van der Waals surface area contributed by atoms with Gasteiger partial charge in [-0.1, -0.05) is 18.2 Å². The van der Waals surface area contributed by atoms with E-state index < -0.39 is 0 Å². The van der Waals surface area contributed by atoms with E-state index in [2.05, 4.69) is 52.0 Å². The summed E-state index contributed by atoms with van der Waals surface area (Å²) >= 11 is 0. The van der Waals surface area contributed by atoms with E-state index in [1.54, 1.807) is 6.33 Å². The SMILES string of the molecule is Cn1cc(-c2cnc[nH]2)c2ccccc21. The van der Waals surface area contributed by atoms with Crippen LogP contribution in [0.1, 0.15) is 0 Å². The molecule has 2 heterocycles. The first-order valence-corrected chi connectivity index (χ1v) is 4.89. The van der Waals surface area contributed by atoms with Crippen LogP contribution in [0.15, 0.2) is 43.0 Å². The van der Waals surface area contributed by atoms with E-state index in [1.165, 1.54) is 16.5 Å². The first-order valence-electron chi connectivity index (χ1n) is 4.89. The van der Waals surface area contributed by atoms with Crippen molar-refractivity contribution < 1.29 is 0 Å². The second-order valence-corrected chi connectivity index (χ2v) is 3.64. The summed E-state index contributed by atoms with van der Waals surface area (Å²) in [5.41, 5.74) is 3.50. The first-order chi connectivity index (χ1) is 7.36. The molecular formula is C12H11N3. The zero-order valence-corrected chi connectivity index (χ0v) is 8.44. The van der Waals surface area contributed by atoms with Crippen LogP contribution in [0, 0.1) is 0 Å². The van der Waals surface area contributed by atoms with E-state index in [-0.39, 0.29) is 0 Å². The fourth-order valence-corrected chi connectivity index (χ4v) is 1.96. The number of hydrogen-bond acceptors (Lipinski definition) is 1. The minimum absolute atomic E-state index is 1.06. The monoisotopic (exact) mass is 197 g/mol. The molecule has 3 nitrogen and oxygen atoms in total. The number of H-pyrrole nitrogens is 1. The van der Waals surface area contributed by atoms with Crippen LogP contribution in [-0.4, -0.2) is 14.5 Å². The minimum atomic E-state index is 1.06. The highest BCUT2D eigenvalue weighted by molar-refractivity contribution is 5.94. The molecule has 1 N–H and O–H groups in total. The summed E-state index contributed by atoms with van der Waals surface area (Å²) < 4.78 is 2.13. The highest BCUT2D eigenvalue weighted by Gasteiger charge is 2.07. The molecule has 0 aliphatic rings. The van der Waals surface area contributed by atoms with E-state index in [0.29, 0.717) is 0 Å². The minimum Gasteiger partial charge on any atom is -0.350 e. The van der Waals surface area contributed by atoms with E-state index in [9.17, 15) is 0 Å². The van der Waals surface area contributed by atoms with E-state index in [1.807, 2.05) is 6.20 Å². The molecule has 3 rings (SSSR count). The Bertz CT molecular complexity index is 590. The summed E-state index contributed by atoms with van der Waals surface area (Å²) in [7, 11) is 2.06. The lowest BCUT2D eigenvalue weighted by atomic mass is 10.1. The third-order valence-corrected chi connectivity index (χ3v) is 2.69. The molecule has 0 bridgehead atoms. The van der Waals surface area contributed by atoms with Gasteiger partial charge in [-0.15, -0.1) is 0 Å². The van der Waals surface area contributed by atoms with Gasteiger partial charge in [-0.25, -0.2) is 4.98 Å².